The quantitative estimate of drug-likeness (QED) is 0.882. The monoisotopic (exact) mass is 236 g/mol. The number of benzene rings is 1. The van der Waals surface area contributed by atoms with Crippen molar-refractivity contribution in [3.05, 3.63) is 36.0 Å². The second kappa shape index (κ2) is 4.32. The first-order valence-electron chi connectivity index (χ1n) is 4.90. The van der Waals surface area contributed by atoms with Gasteiger partial charge in [-0.2, -0.15) is 0 Å². The maximum atomic E-state index is 12.7. The first-order chi connectivity index (χ1) is 8.08. The summed E-state index contributed by atoms with van der Waals surface area (Å²) < 4.78 is 17.9. The van der Waals surface area contributed by atoms with Gasteiger partial charge in [0.2, 0.25) is 11.8 Å². The first-order valence-corrected chi connectivity index (χ1v) is 4.90. The molecule has 1 aromatic carbocycles. The molecule has 1 unspecified atom stereocenters. The summed E-state index contributed by atoms with van der Waals surface area (Å²) in [6, 6.07) is 5.50. The number of carboxylic acids is 1. The van der Waals surface area contributed by atoms with Crippen molar-refractivity contribution in [2.24, 2.45) is 0 Å². The Labute approximate surface area is 95.9 Å². The van der Waals surface area contributed by atoms with Crippen molar-refractivity contribution in [2.75, 3.05) is 0 Å². The molecule has 17 heavy (non-hydrogen) atoms. The van der Waals surface area contributed by atoms with Crippen LogP contribution in [0.15, 0.2) is 28.7 Å². The van der Waals surface area contributed by atoms with E-state index in [0.717, 1.165) is 0 Å². The topological polar surface area (TPSA) is 76.2 Å². The molecule has 0 amide bonds. The van der Waals surface area contributed by atoms with Crippen molar-refractivity contribution < 1.29 is 18.7 Å². The first kappa shape index (κ1) is 11.3. The lowest BCUT2D eigenvalue weighted by Gasteiger charge is -1.98. The molecule has 0 aliphatic rings. The highest BCUT2D eigenvalue weighted by atomic mass is 19.1. The molecular formula is C11H9FN2O3. The number of rotatable bonds is 3. The van der Waals surface area contributed by atoms with Crippen LogP contribution in [0, 0.1) is 5.82 Å². The third kappa shape index (κ3) is 2.30. The lowest BCUT2D eigenvalue weighted by molar-refractivity contribution is -0.138. The number of aliphatic carboxylic acids is 1. The molecule has 0 spiro atoms. The van der Waals surface area contributed by atoms with Crippen molar-refractivity contribution in [3.8, 4) is 11.5 Å². The van der Waals surface area contributed by atoms with E-state index in [1.165, 1.54) is 31.2 Å². The van der Waals surface area contributed by atoms with Crippen LogP contribution in [0.5, 0.6) is 0 Å². The average Bonchev–Trinajstić information content (AvgIpc) is 2.78. The minimum absolute atomic E-state index is 0.0248. The van der Waals surface area contributed by atoms with Gasteiger partial charge in [-0.3, -0.25) is 4.79 Å². The van der Waals surface area contributed by atoms with Gasteiger partial charge in [-0.15, -0.1) is 10.2 Å². The van der Waals surface area contributed by atoms with Crippen LogP contribution in [0.4, 0.5) is 4.39 Å². The molecular weight excluding hydrogens is 227 g/mol. The molecule has 0 aliphatic carbocycles. The summed E-state index contributed by atoms with van der Waals surface area (Å²) >= 11 is 0. The van der Waals surface area contributed by atoms with Crippen molar-refractivity contribution >= 4 is 5.97 Å². The molecule has 1 heterocycles. The summed E-state index contributed by atoms with van der Waals surface area (Å²) in [6.07, 6.45) is 0. The van der Waals surface area contributed by atoms with Crippen molar-refractivity contribution in [1.29, 1.82) is 0 Å². The summed E-state index contributed by atoms with van der Waals surface area (Å²) in [7, 11) is 0. The lowest BCUT2D eigenvalue weighted by Crippen LogP contribution is -2.07. The van der Waals surface area contributed by atoms with E-state index in [1.54, 1.807) is 0 Å². The Morgan fingerprint density at radius 3 is 2.59 bits per heavy atom. The van der Waals surface area contributed by atoms with Gasteiger partial charge < -0.3 is 9.52 Å². The van der Waals surface area contributed by atoms with Gasteiger partial charge in [0.25, 0.3) is 0 Å². The number of nitrogens with zero attached hydrogens (tertiary/aromatic N) is 2. The predicted octanol–water partition coefficient (Wildman–Crippen LogP) is 2.06. The number of carboxylic acid groups (broad SMARTS) is 1. The van der Waals surface area contributed by atoms with Crippen LogP contribution in [0.25, 0.3) is 11.5 Å². The SMILES string of the molecule is CC(C(=O)O)c1nnc(-c2ccc(F)cc2)o1. The van der Waals surface area contributed by atoms with Gasteiger partial charge in [0.1, 0.15) is 11.7 Å². The molecule has 5 nitrogen and oxygen atoms in total. The van der Waals surface area contributed by atoms with Crippen LogP contribution in [-0.2, 0) is 4.79 Å². The molecule has 88 valence electrons. The molecule has 0 bridgehead atoms. The Balaban J connectivity index is 2.29. The smallest absolute Gasteiger partial charge is 0.315 e. The predicted molar refractivity (Wildman–Crippen MR) is 55.7 cm³/mol. The molecule has 1 N–H and O–H groups in total. The van der Waals surface area contributed by atoms with Crippen LogP contribution < -0.4 is 0 Å². The van der Waals surface area contributed by atoms with Crippen LogP contribution in [0.2, 0.25) is 0 Å². The van der Waals surface area contributed by atoms with E-state index < -0.39 is 11.9 Å². The zero-order valence-electron chi connectivity index (χ0n) is 8.92. The largest absolute Gasteiger partial charge is 0.481 e. The summed E-state index contributed by atoms with van der Waals surface area (Å²) in [6.45, 7) is 1.45. The lowest BCUT2D eigenvalue weighted by atomic mass is 10.2. The molecule has 1 atom stereocenters. The second-order valence-electron chi connectivity index (χ2n) is 3.51. The van der Waals surface area contributed by atoms with Crippen LogP contribution in [-0.4, -0.2) is 21.3 Å². The Bertz CT molecular complexity index is 536. The van der Waals surface area contributed by atoms with Gasteiger partial charge in [-0.05, 0) is 31.2 Å². The number of carbonyl (C=O) groups is 1. The van der Waals surface area contributed by atoms with Gasteiger partial charge in [0.05, 0.1) is 0 Å². The minimum Gasteiger partial charge on any atom is -0.481 e. The summed E-state index contributed by atoms with van der Waals surface area (Å²) in [5.74, 6) is -2.08. The molecule has 6 heteroatoms. The average molecular weight is 236 g/mol. The molecule has 2 rings (SSSR count). The normalized spacial score (nSPS) is 12.4. The molecule has 0 aliphatic heterocycles. The Hall–Kier alpha value is -2.24. The molecule has 0 saturated carbocycles. The van der Waals surface area contributed by atoms with Gasteiger partial charge in [-0.1, -0.05) is 0 Å². The zero-order valence-corrected chi connectivity index (χ0v) is 8.92. The highest BCUT2D eigenvalue weighted by Crippen LogP contribution is 2.21. The van der Waals surface area contributed by atoms with Crippen molar-refractivity contribution in [2.45, 2.75) is 12.8 Å². The fourth-order valence-corrected chi connectivity index (χ4v) is 1.22. The third-order valence-electron chi connectivity index (χ3n) is 2.27. The van der Waals surface area contributed by atoms with Crippen LogP contribution in [0.3, 0.4) is 0 Å². The molecule has 0 radical (unpaired) electrons. The Kier molecular flexibility index (Phi) is 2.86. The number of aromatic nitrogens is 2. The van der Waals surface area contributed by atoms with E-state index >= 15 is 0 Å². The number of hydrogen-bond acceptors (Lipinski definition) is 4. The molecule has 0 saturated heterocycles. The Morgan fingerprint density at radius 2 is 2.00 bits per heavy atom. The summed E-state index contributed by atoms with van der Waals surface area (Å²) in [4.78, 5) is 10.7. The van der Waals surface area contributed by atoms with E-state index in [1.807, 2.05) is 0 Å². The fraction of sp³-hybridized carbons (Fsp3) is 0.182. The Morgan fingerprint density at radius 1 is 1.35 bits per heavy atom. The molecule has 0 fully saturated rings. The molecule has 1 aromatic heterocycles. The molecule has 2 aromatic rings. The van der Waals surface area contributed by atoms with E-state index in [-0.39, 0.29) is 17.6 Å². The standard InChI is InChI=1S/C11H9FN2O3/c1-6(11(15)16)9-13-14-10(17-9)7-2-4-8(12)5-3-7/h2-6H,1H3,(H,15,16). The van der Waals surface area contributed by atoms with Crippen LogP contribution in [0.1, 0.15) is 18.7 Å². The van der Waals surface area contributed by atoms with Gasteiger partial charge in [-0.25, -0.2) is 4.39 Å². The zero-order chi connectivity index (χ0) is 12.4. The van der Waals surface area contributed by atoms with Gasteiger partial charge in [0, 0.05) is 5.56 Å². The highest BCUT2D eigenvalue weighted by Gasteiger charge is 2.21. The van der Waals surface area contributed by atoms with E-state index in [0.29, 0.717) is 5.56 Å². The maximum Gasteiger partial charge on any atom is 0.315 e. The second-order valence-corrected chi connectivity index (χ2v) is 3.51. The minimum atomic E-state index is -1.04. The van der Waals surface area contributed by atoms with Gasteiger partial charge in [0.15, 0.2) is 0 Å². The van der Waals surface area contributed by atoms with Crippen molar-refractivity contribution in [3.63, 3.8) is 0 Å². The van der Waals surface area contributed by atoms with Gasteiger partial charge >= 0.3 is 5.97 Å². The highest BCUT2D eigenvalue weighted by molar-refractivity contribution is 5.74. The van der Waals surface area contributed by atoms with Crippen molar-refractivity contribution in [1.82, 2.24) is 10.2 Å². The summed E-state index contributed by atoms with van der Waals surface area (Å²) in [5.41, 5.74) is 0.544. The van der Waals surface area contributed by atoms with E-state index in [2.05, 4.69) is 10.2 Å². The fourth-order valence-electron chi connectivity index (χ4n) is 1.22. The van der Waals surface area contributed by atoms with E-state index in [4.69, 9.17) is 9.52 Å². The summed E-state index contributed by atoms with van der Waals surface area (Å²) in [5, 5.41) is 16.1. The third-order valence-corrected chi connectivity index (χ3v) is 2.27. The maximum absolute atomic E-state index is 12.7. The number of halogens is 1. The van der Waals surface area contributed by atoms with E-state index in [9.17, 15) is 9.18 Å². The number of hydrogen-bond donors (Lipinski definition) is 1. The van der Waals surface area contributed by atoms with Crippen LogP contribution >= 0.6 is 0 Å².